The number of hydrogen-bond acceptors (Lipinski definition) is 5. The van der Waals surface area contributed by atoms with Gasteiger partial charge in [-0.1, -0.05) is 6.07 Å². The molecule has 0 atom stereocenters. The van der Waals surface area contributed by atoms with Crippen molar-refractivity contribution in [2.24, 2.45) is 5.92 Å². The molecule has 1 saturated heterocycles. The maximum Gasteiger partial charge on any atom is 0.166 e. The molecular weight excluding hydrogens is 380 g/mol. The maximum atomic E-state index is 12.7. The van der Waals surface area contributed by atoms with Crippen LogP contribution in [0.5, 0.6) is 5.75 Å². The molecule has 5 heteroatoms. The van der Waals surface area contributed by atoms with Gasteiger partial charge in [-0.2, -0.15) is 0 Å². The van der Waals surface area contributed by atoms with Crippen molar-refractivity contribution < 1.29 is 9.53 Å². The third-order valence-electron chi connectivity index (χ3n) is 5.92. The number of Topliss-reactive ketones (excluding diaryl/α,β-unsaturated/α-hetero) is 1. The number of likely N-dealkylation sites (tertiary alicyclic amines) is 1. The lowest BCUT2D eigenvalue weighted by Gasteiger charge is -2.31. The normalized spacial score (nSPS) is 15.6. The molecule has 0 amide bonds. The molecule has 2 aromatic carbocycles. The van der Waals surface area contributed by atoms with E-state index < -0.39 is 0 Å². The summed E-state index contributed by atoms with van der Waals surface area (Å²) in [6.45, 7) is 3.19. The summed E-state index contributed by atoms with van der Waals surface area (Å²) < 4.78 is 6.46. The lowest BCUT2D eigenvalue weighted by Crippen LogP contribution is -2.36. The Hall–Kier alpha value is -2.24. The van der Waals surface area contributed by atoms with Gasteiger partial charge in [-0.05, 0) is 93.7 Å². The summed E-state index contributed by atoms with van der Waals surface area (Å²) in [6, 6.07) is 14.1. The quantitative estimate of drug-likeness (QED) is 0.378. The van der Waals surface area contributed by atoms with Gasteiger partial charge in [0.25, 0.3) is 0 Å². The van der Waals surface area contributed by atoms with E-state index in [-0.39, 0.29) is 11.7 Å². The second-order valence-electron chi connectivity index (χ2n) is 7.82. The van der Waals surface area contributed by atoms with Crippen molar-refractivity contribution in [1.82, 2.24) is 9.88 Å². The van der Waals surface area contributed by atoms with Crippen LogP contribution in [0, 0.1) is 5.92 Å². The summed E-state index contributed by atoms with van der Waals surface area (Å²) in [6.07, 6.45) is 5.47. The number of hydrogen-bond donors (Lipinski definition) is 0. The van der Waals surface area contributed by atoms with E-state index in [1.165, 1.54) is 23.1 Å². The highest BCUT2D eigenvalue weighted by molar-refractivity contribution is 7.16. The van der Waals surface area contributed by atoms with Crippen LogP contribution in [-0.2, 0) is 6.42 Å². The van der Waals surface area contributed by atoms with Gasteiger partial charge >= 0.3 is 0 Å². The minimum atomic E-state index is 0.158. The first-order valence-corrected chi connectivity index (χ1v) is 11.3. The summed E-state index contributed by atoms with van der Waals surface area (Å²) in [5, 5.41) is 0. The van der Waals surface area contributed by atoms with Crippen molar-refractivity contribution >= 4 is 27.3 Å². The van der Waals surface area contributed by atoms with Gasteiger partial charge in [0.2, 0.25) is 0 Å². The molecule has 0 radical (unpaired) electrons. The number of ether oxygens (including phenoxy) is 1. The van der Waals surface area contributed by atoms with Crippen molar-refractivity contribution in [3.8, 4) is 5.75 Å². The summed E-state index contributed by atoms with van der Waals surface area (Å²) in [7, 11) is 1.65. The van der Waals surface area contributed by atoms with Crippen molar-refractivity contribution in [3.63, 3.8) is 0 Å². The Bertz CT molecular complexity index is 943. The van der Waals surface area contributed by atoms with Gasteiger partial charge < -0.3 is 9.64 Å². The van der Waals surface area contributed by atoms with E-state index in [0.29, 0.717) is 0 Å². The number of carbonyl (C=O) groups is 1. The van der Waals surface area contributed by atoms with Crippen LogP contribution in [0.3, 0.4) is 0 Å². The van der Waals surface area contributed by atoms with E-state index in [1.807, 2.05) is 29.8 Å². The molecule has 0 bridgehead atoms. The van der Waals surface area contributed by atoms with Gasteiger partial charge in [0.15, 0.2) is 5.78 Å². The summed E-state index contributed by atoms with van der Waals surface area (Å²) in [4.78, 5) is 19.6. The van der Waals surface area contributed by atoms with Crippen molar-refractivity contribution in [3.05, 3.63) is 59.1 Å². The first kappa shape index (κ1) is 20.0. The number of aryl methyl sites for hydroxylation is 1. The molecule has 1 aromatic heterocycles. The molecule has 0 spiro atoms. The average Bonchev–Trinajstić information content (AvgIpc) is 3.25. The largest absolute Gasteiger partial charge is 0.497 e. The second-order valence-corrected chi connectivity index (χ2v) is 8.71. The van der Waals surface area contributed by atoms with Gasteiger partial charge in [0.1, 0.15) is 5.75 Å². The third-order valence-corrected chi connectivity index (χ3v) is 6.71. The summed E-state index contributed by atoms with van der Waals surface area (Å²) in [5.74, 6) is 1.24. The molecule has 3 aromatic rings. The number of methoxy groups -OCH3 is 1. The van der Waals surface area contributed by atoms with Crippen LogP contribution in [-0.4, -0.2) is 42.4 Å². The number of rotatable bonds is 8. The van der Waals surface area contributed by atoms with E-state index in [9.17, 15) is 4.79 Å². The Balaban J connectivity index is 1.18. The SMILES string of the molecule is COc1ccc(C(=O)C2CCN(CCCCc3ccc4ncsc4c3)CC2)cc1. The molecule has 29 heavy (non-hydrogen) atoms. The zero-order valence-electron chi connectivity index (χ0n) is 17.0. The van der Waals surface area contributed by atoms with Gasteiger partial charge in [-0.3, -0.25) is 4.79 Å². The summed E-state index contributed by atoms with van der Waals surface area (Å²) in [5.41, 5.74) is 5.23. The fourth-order valence-corrected chi connectivity index (χ4v) is 4.87. The molecule has 1 aliphatic heterocycles. The molecule has 152 valence electrons. The lowest BCUT2D eigenvalue weighted by atomic mass is 9.89. The molecule has 1 aliphatic rings. The fraction of sp³-hybridized carbons (Fsp3) is 0.417. The molecule has 4 rings (SSSR count). The topological polar surface area (TPSA) is 42.4 Å². The lowest BCUT2D eigenvalue weighted by molar-refractivity contribution is 0.0839. The highest BCUT2D eigenvalue weighted by atomic mass is 32.1. The first-order chi connectivity index (χ1) is 14.2. The number of benzene rings is 2. The van der Waals surface area contributed by atoms with Crippen LogP contribution in [0.25, 0.3) is 10.2 Å². The molecule has 0 aliphatic carbocycles. The van der Waals surface area contributed by atoms with Crippen LogP contribution in [0.1, 0.15) is 41.6 Å². The summed E-state index contributed by atoms with van der Waals surface area (Å²) >= 11 is 1.71. The Morgan fingerprint density at radius 1 is 1.14 bits per heavy atom. The van der Waals surface area contributed by atoms with E-state index in [1.54, 1.807) is 18.4 Å². The third kappa shape index (κ3) is 5.03. The first-order valence-electron chi connectivity index (χ1n) is 10.5. The number of carbonyl (C=O) groups excluding carboxylic acids is 1. The number of unbranched alkanes of at least 4 members (excludes halogenated alkanes) is 1. The number of ketones is 1. The Kier molecular flexibility index (Phi) is 6.57. The Morgan fingerprint density at radius 2 is 1.93 bits per heavy atom. The van der Waals surface area contributed by atoms with E-state index in [0.717, 1.165) is 55.7 Å². The number of nitrogens with zero attached hydrogens (tertiary/aromatic N) is 2. The predicted molar refractivity (Wildman–Crippen MR) is 119 cm³/mol. The zero-order valence-corrected chi connectivity index (χ0v) is 17.8. The molecule has 4 nitrogen and oxygen atoms in total. The second kappa shape index (κ2) is 9.51. The predicted octanol–water partition coefficient (Wildman–Crippen LogP) is 5.22. The van der Waals surface area contributed by atoms with Crippen LogP contribution in [0.2, 0.25) is 0 Å². The zero-order chi connectivity index (χ0) is 20.1. The smallest absolute Gasteiger partial charge is 0.166 e. The monoisotopic (exact) mass is 408 g/mol. The molecular formula is C24H28N2O2S. The minimum Gasteiger partial charge on any atom is -0.497 e. The van der Waals surface area contributed by atoms with Crippen LogP contribution in [0.15, 0.2) is 48.0 Å². The number of thiazole rings is 1. The number of piperidine rings is 1. The van der Waals surface area contributed by atoms with Gasteiger partial charge in [0, 0.05) is 11.5 Å². The molecule has 0 unspecified atom stereocenters. The molecule has 2 heterocycles. The van der Waals surface area contributed by atoms with E-state index in [4.69, 9.17) is 4.74 Å². The van der Waals surface area contributed by atoms with Crippen molar-refractivity contribution in [1.29, 1.82) is 0 Å². The maximum absolute atomic E-state index is 12.7. The standard InChI is InChI=1S/C24H28N2O2S/c1-28-21-8-6-19(7-9-21)24(27)20-11-14-26(15-12-20)13-3-2-4-18-5-10-22-23(16-18)29-17-25-22/h5-10,16-17,20H,2-4,11-15H2,1H3. The van der Waals surface area contributed by atoms with E-state index >= 15 is 0 Å². The van der Waals surface area contributed by atoms with Crippen LogP contribution < -0.4 is 4.74 Å². The average molecular weight is 409 g/mol. The number of aromatic nitrogens is 1. The highest BCUT2D eigenvalue weighted by Crippen LogP contribution is 2.24. The van der Waals surface area contributed by atoms with Gasteiger partial charge in [0.05, 0.1) is 22.8 Å². The molecule has 1 fully saturated rings. The molecule has 0 N–H and O–H groups in total. The van der Waals surface area contributed by atoms with Crippen LogP contribution >= 0.6 is 11.3 Å². The van der Waals surface area contributed by atoms with Gasteiger partial charge in [-0.15, -0.1) is 11.3 Å². The highest BCUT2D eigenvalue weighted by Gasteiger charge is 2.25. The number of fused-ring (bicyclic) bond motifs is 1. The van der Waals surface area contributed by atoms with Crippen molar-refractivity contribution in [2.75, 3.05) is 26.7 Å². The fourth-order valence-electron chi connectivity index (χ4n) is 4.13. The minimum absolute atomic E-state index is 0.158. The van der Waals surface area contributed by atoms with Crippen molar-refractivity contribution in [2.45, 2.75) is 32.1 Å². The van der Waals surface area contributed by atoms with Gasteiger partial charge in [-0.25, -0.2) is 4.98 Å². The van der Waals surface area contributed by atoms with E-state index in [2.05, 4.69) is 28.1 Å². The Morgan fingerprint density at radius 3 is 2.69 bits per heavy atom. The van der Waals surface area contributed by atoms with Crippen LogP contribution in [0.4, 0.5) is 0 Å². The Labute approximate surface area is 176 Å². The molecule has 0 saturated carbocycles.